The molecule has 102 heavy (non-hydrogen) atoms. The van der Waals surface area contributed by atoms with Crippen LogP contribution in [0.1, 0.15) is 266 Å². The number of phenolic OH excluding ortho intramolecular Hbond substituents is 1. The van der Waals surface area contributed by atoms with E-state index in [2.05, 4.69) is 52.0 Å². The van der Waals surface area contributed by atoms with Gasteiger partial charge in [0, 0.05) is 24.7 Å². The molecule has 570 valence electrons. The monoisotopic (exact) mass is 1430 g/mol. The molecule has 13 atom stereocenters. The van der Waals surface area contributed by atoms with Crippen molar-refractivity contribution in [1.82, 2.24) is 0 Å². The zero-order chi connectivity index (χ0) is 75.5. The molecular weight excluding hydrogens is 1300 g/mol. The Bertz CT molecular complexity index is 3190. The average Bonchev–Trinajstić information content (AvgIpc) is 1.36. The number of ether oxygens (including phenoxy) is 10. The SMILES string of the molecule is CCC(C)(C)C(=O)OC12CC3CC(CC(O)(C3)C1)C2.CCC(C)(C)C(=O)OC1C2CC3C(=O)OC1C3C2.CCC(C)(C)C(=O)OC1C2CC3C(=O)OC1C3O2.CCC(C)(C)C(=O)OC1CCOC1=O.CCC(C)(C)C(=O)Oc1ccc(O)cc1.CCC(C)(C)c1ccc(OC2(C)CCCC2)cc1. The first kappa shape index (κ1) is 81.4. The minimum Gasteiger partial charge on any atom is -0.508 e. The van der Waals surface area contributed by atoms with E-state index in [0.717, 1.165) is 70.0 Å². The number of rotatable bonds is 19. The highest BCUT2D eigenvalue weighted by molar-refractivity contribution is 5.83. The first-order chi connectivity index (χ1) is 47.5. The summed E-state index contributed by atoms with van der Waals surface area (Å²) in [6.45, 7) is 37.9. The molecule has 0 amide bonds. The van der Waals surface area contributed by atoms with Crippen LogP contribution >= 0.6 is 0 Å². The molecule has 14 rings (SSSR count). The number of aliphatic hydroxyl groups is 1. The molecule has 7 aliphatic carbocycles. The van der Waals surface area contributed by atoms with Gasteiger partial charge in [0.2, 0.25) is 6.10 Å². The van der Waals surface area contributed by atoms with Gasteiger partial charge >= 0.3 is 47.8 Å². The van der Waals surface area contributed by atoms with Crippen LogP contribution in [0, 0.1) is 62.6 Å². The molecule has 0 spiro atoms. The van der Waals surface area contributed by atoms with Crippen LogP contribution in [-0.4, -0.2) is 124 Å². The number of carbonyl (C=O) groups excluding carboxylic acids is 8. The first-order valence-corrected chi connectivity index (χ1v) is 38.1. The summed E-state index contributed by atoms with van der Waals surface area (Å²) in [7, 11) is 0. The summed E-state index contributed by atoms with van der Waals surface area (Å²) in [4.78, 5) is 94.0. The lowest BCUT2D eigenvalue weighted by molar-refractivity contribution is -0.225. The van der Waals surface area contributed by atoms with Gasteiger partial charge in [0.15, 0.2) is 12.2 Å². The summed E-state index contributed by atoms with van der Waals surface area (Å²) in [6.07, 6.45) is 16.1. The molecule has 5 heterocycles. The molecule has 5 saturated heterocycles. The number of fused-ring (bicyclic) bond motifs is 2. The van der Waals surface area contributed by atoms with Crippen molar-refractivity contribution in [2.45, 2.75) is 325 Å². The maximum absolute atomic E-state index is 12.4. The summed E-state index contributed by atoms with van der Waals surface area (Å²) < 4.78 is 54.6. The van der Waals surface area contributed by atoms with Crippen molar-refractivity contribution in [3.05, 3.63) is 54.1 Å². The normalized spacial score (nSPS) is 30.7. The zero-order valence-electron chi connectivity index (χ0n) is 64.7. The Morgan fingerprint density at radius 2 is 1.02 bits per heavy atom. The van der Waals surface area contributed by atoms with E-state index < -0.39 is 57.0 Å². The molecule has 12 aliphatic rings. The van der Waals surface area contributed by atoms with Crippen LogP contribution in [0.2, 0.25) is 0 Å². The second kappa shape index (κ2) is 31.8. The van der Waals surface area contributed by atoms with Crippen molar-refractivity contribution in [3.8, 4) is 17.2 Å². The van der Waals surface area contributed by atoms with Gasteiger partial charge in [-0.25, -0.2) is 4.79 Å². The fourth-order valence-corrected chi connectivity index (χ4v) is 15.6. The number of carbonyl (C=O) groups is 8. The third-order valence-electron chi connectivity index (χ3n) is 24.9. The largest absolute Gasteiger partial charge is 0.508 e. The Morgan fingerprint density at radius 1 is 0.529 bits per heavy atom. The minimum absolute atomic E-state index is 0.0712. The van der Waals surface area contributed by atoms with Crippen LogP contribution < -0.4 is 9.47 Å². The summed E-state index contributed by atoms with van der Waals surface area (Å²) in [5.41, 5.74) is -1.56. The molecule has 2 aromatic carbocycles. The van der Waals surface area contributed by atoms with E-state index in [1.807, 2.05) is 90.0 Å². The standard InChI is InChI=1S/C17H26O.C16H26O3.C14H20O4.C13H18O5.C12H16O3.C10H16O4/c1-5-16(2,3)14-8-10-15(11-9-14)18-17(4)12-6-7-13-17;1-4-14(2,3)13(17)19-16-8-11-5-12(9-16)7-15(18,6-11)10-16;1-4-14(2,3)13(16)18-10-7-5-8-9(6-7)12(15)17-11(8)10;1-4-13(2,3)12(15)18-9-7-5-6-8(16-7)10(9)17-11(6)14;1-4-12(2,3)11(14)15-10-7-5-9(13)6-8-10;1-4-10(2,3)9(12)14-7-5-6-13-8(7)11/h8-11H,5-7,12-13H2,1-4H3;11-12,18H,4-10H2,1-3H3;7-11H,4-6H2,1-3H3;6-10H,4-5H2,1-3H3;5-8,13H,4H2,1-3H3;7H,4-6H2,1-3H3. The van der Waals surface area contributed by atoms with Crippen molar-refractivity contribution in [2.24, 2.45) is 62.6 Å². The molecule has 13 unspecified atom stereocenters. The minimum atomic E-state index is -0.687. The number of hydrogen-bond donors (Lipinski definition) is 2. The van der Waals surface area contributed by atoms with Crippen LogP contribution in [0.3, 0.4) is 0 Å². The molecular formula is C82H122O20. The number of aromatic hydroxyl groups is 1. The number of benzene rings is 2. The van der Waals surface area contributed by atoms with Crippen molar-refractivity contribution in [1.29, 1.82) is 0 Å². The predicted octanol–water partition coefficient (Wildman–Crippen LogP) is 15.1. The molecule has 2 N–H and O–H groups in total. The second-order valence-corrected chi connectivity index (χ2v) is 35.2. The van der Waals surface area contributed by atoms with Gasteiger partial charge in [-0.3, -0.25) is 33.6 Å². The average molecular weight is 1430 g/mol. The maximum Gasteiger partial charge on any atom is 0.347 e. The Kier molecular flexibility index (Phi) is 25.4. The van der Waals surface area contributed by atoms with Crippen molar-refractivity contribution < 1.29 is 95.9 Å². The highest BCUT2D eigenvalue weighted by atomic mass is 16.7. The highest BCUT2D eigenvalue weighted by Crippen LogP contribution is 2.60. The molecule has 20 heteroatoms. The number of hydrogen-bond acceptors (Lipinski definition) is 20. The molecule has 7 saturated carbocycles. The fraction of sp³-hybridized carbons (Fsp3) is 0.756. The summed E-state index contributed by atoms with van der Waals surface area (Å²) in [5, 5.41) is 19.7. The Morgan fingerprint density at radius 3 is 1.53 bits per heavy atom. The molecule has 0 aromatic heterocycles. The molecule has 5 aliphatic heterocycles. The van der Waals surface area contributed by atoms with E-state index in [4.69, 9.17) is 52.5 Å². The Labute approximate surface area is 606 Å². The maximum atomic E-state index is 12.4. The third-order valence-corrected chi connectivity index (χ3v) is 24.9. The van der Waals surface area contributed by atoms with Gasteiger partial charge in [-0.1, -0.05) is 67.5 Å². The number of esters is 8. The highest BCUT2D eigenvalue weighted by Gasteiger charge is 2.66. The number of cyclic esters (lactones) is 1. The molecule has 2 aromatic rings. The van der Waals surface area contributed by atoms with Crippen LogP contribution in [0.15, 0.2) is 48.5 Å². The lowest BCUT2D eigenvalue weighted by atomic mass is 9.52. The van der Waals surface area contributed by atoms with Gasteiger partial charge in [0.1, 0.15) is 46.8 Å². The van der Waals surface area contributed by atoms with Gasteiger partial charge < -0.3 is 57.6 Å². The van der Waals surface area contributed by atoms with E-state index in [1.54, 1.807) is 26.0 Å². The molecule has 8 bridgehead atoms. The Hall–Kier alpha value is -6.28. The number of phenols is 1. The third kappa shape index (κ3) is 18.9. The lowest BCUT2D eigenvalue weighted by Gasteiger charge is -2.59. The molecule has 0 radical (unpaired) electrons. The molecule has 12 fully saturated rings. The first-order valence-electron chi connectivity index (χ1n) is 38.1. The predicted molar refractivity (Wildman–Crippen MR) is 381 cm³/mol. The van der Waals surface area contributed by atoms with E-state index in [-0.39, 0.29) is 100 Å². The van der Waals surface area contributed by atoms with E-state index in [1.165, 1.54) is 49.8 Å². The van der Waals surface area contributed by atoms with Gasteiger partial charge in [-0.2, -0.15) is 0 Å². The summed E-state index contributed by atoms with van der Waals surface area (Å²) >= 11 is 0. The van der Waals surface area contributed by atoms with Crippen LogP contribution in [-0.2, 0) is 81.7 Å². The topological polar surface area (TPSA) is 269 Å². The van der Waals surface area contributed by atoms with Crippen LogP contribution in [0.5, 0.6) is 17.2 Å². The van der Waals surface area contributed by atoms with E-state index in [9.17, 15) is 43.5 Å². The lowest BCUT2D eigenvalue weighted by Crippen LogP contribution is -2.61. The van der Waals surface area contributed by atoms with Crippen LogP contribution in [0.25, 0.3) is 0 Å². The summed E-state index contributed by atoms with van der Waals surface area (Å²) in [5.74, 6) is 1.52. The van der Waals surface area contributed by atoms with Gasteiger partial charge in [0.05, 0.1) is 57.2 Å². The van der Waals surface area contributed by atoms with Crippen molar-refractivity contribution >= 4 is 47.8 Å². The Balaban J connectivity index is 0.000000156. The van der Waals surface area contributed by atoms with Gasteiger partial charge in [0.25, 0.3) is 0 Å². The second-order valence-electron chi connectivity index (χ2n) is 35.2. The zero-order valence-corrected chi connectivity index (χ0v) is 64.7. The van der Waals surface area contributed by atoms with Crippen molar-refractivity contribution in [3.63, 3.8) is 0 Å². The van der Waals surface area contributed by atoms with Crippen molar-refractivity contribution in [2.75, 3.05) is 6.61 Å². The molecule has 20 nitrogen and oxygen atoms in total. The van der Waals surface area contributed by atoms with Gasteiger partial charge in [-0.05, 0) is 251 Å². The van der Waals surface area contributed by atoms with E-state index in [0.29, 0.717) is 68.1 Å². The smallest absolute Gasteiger partial charge is 0.347 e. The van der Waals surface area contributed by atoms with E-state index >= 15 is 0 Å². The van der Waals surface area contributed by atoms with Gasteiger partial charge in [-0.15, -0.1) is 0 Å². The fourth-order valence-electron chi connectivity index (χ4n) is 15.6. The summed E-state index contributed by atoms with van der Waals surface area (Å²) in [6, 6.07) is 14.8. The van der Waals surface area contributed by atoms with Crippen LogP contribution in [0.4, 0.5) is 0 Å². The quantitative estimate of drug-likeness (QED) is 0.0751.